The van der Waals surface area contributed by atoms with Gasteiger partial charge in [-0.15, -0.1) is 0 Å². The predicted molar refractivity (Wildman–Crippen MR) is 94.0 cm³/mol. The molecule has 0 saturated carbocycles. The molecule has 0 aliphatic heterocycles. The van der Waals surface area contributed by atoms with Crippen LogP contribution in [0.15, 0.2) is 18.2 Å². The van der Waals surface area contributed by atoms with Crippen molar-refractivity contribution in [2.24, 2.45) is 0 Å². The number of hydrogen-bond donors (Lipinski definition) is 2. The normalized spacial score (nSPS) is 18.4. The number of benzene rings is 1. The topological polar surface area (TPSA) is 50.4 Å². The molecule has 2 N–H and O–H groups in total. The van der Waals surface area contributed by atoms with Gasteiger partial charge in [0.2, 0.25) is 0 Å². The summed E-state index contributed by atoms with van der Waals surface area (Å²) in [5, 5.41) is 7.25. The Labute approximate surface area is 143 Å². The number of rotatable bonds is 5. The van der Waals surface area contributed by atoms with E-state index in [1.807, 2.05) is 33.8 Å². The summed E-state index contributed by atoms with van der Waals surface area (Å²) in [5.74, 6) is 0. The Hall–Kier alpha value is -1.26. The van der Waals surface area contributed by atoms with Crippen molar-refractivity contribution < 1.29 is 9.53 Å². The van der Waals surface area contributed by atoms with Crippen molar-refractivity contribution in [3.05, 3.63) is 34.3 Å². The van der Waals surface area contributed by atoms with Crippen molar-refractivity contribution in [2.45, 2.75) is 64.6 Å². The minimum absolute atomic E-state index is 0.0726. The maximum Gasteiger partial charge on any atom is 0.407 e. The predicted octanol–water partition coefficient (Wildman–Crippen LogP) is 4.22. The molecule has 2 unspecified atom stereocenters. The van der Waals surface area contributed by atoms with Gasteiger partial charge in [0.1, 0.15) is 5.60 Å². The van der Waals surface area contributed by atoms with Crippen molar-refractivity contribution in [3.63, 3.8) is 0 Å². The van der Waals surface area contributed by atoms with E-state index in [9.17, 15) is 4.79 Å². The molecule has 0 fully saturated rings. The zero-order valence-electron chi connectivity index (χ0n) is 14.4. The van der Waals surface area contributed by atoms with Crippen LogP contribution in [0.5, 0.6) is 0 Å². The van der Waals surface area contributed by atoms with Gasteiger partial charge in [-0.3, -0.25) is 0 Å². The van der Waals surface area contributed by atoms with Crippen LogP contribution in [-0.2, 0) is 11.2 Å². The molecule has 1 aliphatic rings. The lowest BCUT2D eigenvalue weighted by Gasteiger charge is -2.22. The molecular formula is C18H27ClN2O2. The number of aryl methyl sites for hydroxylation is 1. The van der Waals surface area contributed by atoms with E-state index in [-0.39, 0.29) is 12.1 Å². The molecule has 0 bridgehead atoms. The van der Waals surface area contributed by atoms with Crippen molar-refractivity contribution in [1.29, 1.82) is 0 Å². The average molecular weight is 339 g/mol. The van der Waals surface area contributed by atoms with Crippen molar-refractivity contribution in [1.82, 2.24) is 10.6 Å². The number of hydrogen-bond acceptors (Lipinski definition) is 3. The fraction of sp³-hybridized carbons (Fsp3) is 0.611. The van der Waals surface area contributed by atoms with E-state index in [4.69, 9.17) is 16.3 Å². The standard InChI is InChI=1S/C18H27ClN2O2/c1-12(21-17(22)23-18(2,3)4)9-10-20-16-8-5-13-11-14(19)6-7-15(13)16/h6-7,11-12,16,20H,5,8-10H2,1-4H3,(H,21,22). The molecule has 5 heteroatoms. The van der Waals surface area contributed by atoms with Gasteiger partial charge in [0, 0.05) is 17.1 Å². The smallest absolute Gasteiger partial charge is 0.407 e. The fourth-order valence-electron chi connectivity index (χ4n) is 2.85. The number of ether oxygens (including phenoxy) is 1. The second-order valence-electron chi connectivity index (χ2n) is 7.22. The van der Waals surface area contributed by atoms with E-state index in [1.165, 1.54) is 11.1 Å². The number of carbonyl (C=O) groups excluding carboxylic acids is 1. The summed E-state index contributed by atoms with van der Waals surface area (Å²) in [7, 11) is 0. The molecule has 0 aromatic heterocycles. The highest BCUT2D eigenvalue weighted by Gasteiger charge is 2.22. The van der Waals surface area contributed by atoms with Crippen LogP contribution < -0.4 is 10.6 Å². The maximum atomic E-state index is 11.7. The van der Waals surface area contributed by atoms with Gasteiger partial charge in [0.25, 0.3) is 0 Å². The summed E-state index contributed by atoms with van der Waals surface area (Å²) in [6, 6.07) is 6.59. The van der Waals surface area contributed by atoms with Crippen molar-refractivity contribution in [3.8, 4) is 0 Å². The Morgan fingerprint density at radius 1 is 1.43 bits per heavy atom. The van der Waals surface area contributed by atoms with Gasteiger partial charge in [-0.1, -0.05) is 17.7 Å². The summed E-state index contributed by atoms with van der Waals surface area (Å²) < 4.78 is 5.26. The molecule has 0 spiro atoms. The van der Waals surface area contributed by atoms with Crippen LogP contribution in [0.1, 0.15) is 57.7 Å². The van der Waals surface area contributed by atoms with Crippen LogP contribution in [-0.4, -0.2) is 24.3 Å². The molecule has 1 aromatic rings. The molecule has 1 aliphatic carbocycles. The maximum absolute atomic E-state index is 11.7. The van der Waals surface area contributed by atoms with Gasteiger partial charge in [-0.2, -0.15) is 0 Å². The summed E-state index contributed by atoms with van der Waals surface area (Å²) >= 11 is 6.04. The summed E-state index contributed by atoms with van der Waals surface area (Å²) in [4.78, 5) is 11.7. The zero-order valence-corrected chi connectivity index (χ0v) is 15.2. The van der Waals surface area contributed by atoms with E-state index in [0.29, 0.717) is 6.04 Å². The first-order valence-electron chi connectivity index (χ1n) is 8.26. The molecule has 4 nitrogen and oxygen atoms in total. The number of halogens is 1. The van der Waals surface area contributed by atoms with Gasteiger partial charge < -0.3 is 15.4 Å². The third-order valence-corrected chi connectivity index (χ3v) is 4.15. The molecule has 2 atom stereocenters. The minimum atomic E-state index is -0.461. The molecule has 0 saturated heterocycles. The van der Waals surface area contributed by atoms with Crippen LogP contribution in [0.2, 0.25) is 5.02 Å². The Bertz CT molecular complexity index is 554. The van der Waals surface area contributed by atoms with Gasteiger partial charge in [-0.05, 0) is 76.8 Å². The van der Waals surface area contributed by atoms with Crippen LogP contribution in [0.3, 0.4) is 0 Å². The lowest BCUT2D eigenvalue weighted by atomic mass is 10.1. The van der Waals surface area contributed by atoms with Crippen LogP contribution >= 0.6 is 11.6 Å². The highest BCUT2D eigenvalue weighted by atomic mass is 35.5. The lowest BCUT2D eigenvalue weighted by Crippen LogP contribution is -2.39. The lowest BCUT2D eigenvalue weighted by molar-refractivity contribution is 0.0506. The van der Waals surface area contributed by atoms with Gasteiger partial charge in [0.15, 0.2) is 0 Å². The minimum Gasteiger partial charge on any atom is -0.444 e. The molecule has 0 radical (unpaired) electrons. The van der Waals surface area contributed by atoms with E-state index in [1.54, 1.807) is 0 Å². The largest absolute Gasteiger partial charge is 0.444 e. The molecule has 23 heavy (non-hydrogen) atoms. The Morgan fingerprint density at radius 2 is 2.17 bits per heavy atom. The number of amides is 1. The molecular weight excluding hydrogens is 312 g/mol. The summed E-state index contributed by atoms with van der Waals surface area (Å²) in [5.41, 5.74) is 2.23. The van der Waals surface area contributed by atoms with Crippen LogP contribution in [0.4, 0.5) is 4.79 Å². The second-order valence-corrected chi connectivity index (χ2v) is 7.66. The average Bonchev–Trinajstić information content (AvgIpc) is 2.78. The first-order chi connectivity index (χ1) is 10.7. The quantitative estimate of drug-likeness (QED) is 0.845. The molecule has 2 rings (SSSR count). The van der Waals surface area contributed by atoms with Gasteiger partial charge in [-0.25, -0.2) is 4.79 Å². The van der Waals surface area contributed by atoms with Crippen molar-refractivity contribution in [2.75, 3.05) is 6.54 Å². The SMILES string of the molecule is CC(CCNC1CCc2cc(Cl)ccc21)NC(=O)OC(C)(C)C. The third-order valence-electron chi connectivity index (χ3n) is 3.91. The zero-order chi connectivity index (χ0) is 17.0. The Morgan fingerprint density at radius 3 is 2.87 bits per heavy atom. The van der Waals surface area contributed by atoms with Crippen molar-refractivity contribution >= 4 is 17.7 Å². The number of carbonyl (C=O) groups is 1. The van der Waals surface area contributed by atoms with Gasteiger partial charge in [0.05, 0.1) is 0 Å². The van der Waals surface area contributed by atoms with E-state index in [2.05, 4.69) is 22.8 Å². The van der Waals surface area contributed by atoms with Crippen LogP contribution in [0, 0.1) is 0 Å². The highest BCUT2D eigenvalue weighted by molar-refractivity contribution is 6.30. The Kier molecular flexibility index (Phi) is 5.93. The number of nitrogens with one attached hydrogen (secondary N) is 2. The van der Waals surface area contributed by atoms with Crippen LogP contribution in [0.25, 0.3) is 0 Å². The molecule has 0 heterocycles. The first kappa shape index (κ1) is 18.1. The summed E-state index contributed by atoms with van der Waals surface area (Å²) in [6.07, 6.45) is 2.67. The summed E-state index contributed by atoms with van der Waals surface area (Å²) in [6.45, 7) is 8.44. The number of fused-ring (bicyclic) bond motifs is 1. The second kappa shape index (κ2) is 7.54. The monoisotopic (exact) mass is 338 g/mol. The van der Waals surface area contributed by atoms with E-state index >= 15 is 0 Å². The van der Waals surface area contributed by atoms with E-state index < -0.39 is 5.60 Å². The number of alkyl carbamates (subject to hydrolysis) is 1. The fourth-order valence-corrected chi connectivity index (χ4v) is 3.05. The van der Waals surface area contributed by atoms with E-state index in [0.717, 1.165) is 30.8 Å². The third kappa shape index (κ3) is 5.70. The Balaban J connectivity index is 1.73. The molecule has 1 amide bonds. The molecule has 128 valence electrons. The van der Waals surface area contributed by atoms with Gasteiger partial charge >= 0.3 is 6.09 Å². The molecule has 1 aromatic carbocycles. The highest BCUT2D eigenvalue weighted by Crippen LogP contribution is 2.32. The first-order valence-corrected chi connectivity index (χ1v) is 8.63.